The topological polar surface area (TPSA) is 52.5 Å². The van der Waals surface area contributed by atoms with E-state index in [1.54, 1.807) is 14.2 Å². The van der Waals surface area contributed by atoms with Gasteiger partial charge in [0.15, 0.2) is 0 Å². The summed E-state index contributed by atoms with van der Waals surface area (Å²) in [6, 6.07) is 14.0. The summed E-state index contributed by atoms with van der Waals surface area (Å²) in [5.74, 6) is 1.49. The molecule has 28 heavy (non-hydrogen) atoms. The first kappa shape index (κ1) is 18.7. The molecule has 0 radical (unpaired) electrons. The van der Waals surface area contributed by atoms with E-state index < -0.39 is 0 Å². The molecule has 0 spiro atoms. The number of rotatable bonds is 6. The van der Waals surface area contributed by atoms with Crippen molar-refractivity contribution in [2.75, 3.05) is 20.8 Å². The molecule has 1 N–H and O–H groups in total. The van der Waals surface area contributed by atoms with E-state index in [2.05, 4.69) is 35.0 Å². The Morgan fingerprint density at radius 3 is 2.86 bits per heavy atom. The number of amides is 1. The Morgan fingerprint density at radius 1 is 1.21 bits per heavy atom. The van der Waals surface area contributed by atoms with Gasteiger partial charge in [-0.15, -0.1) is 11.8 Å². The van der Waals surface area contributed by atoms with Gasteiger partial charge in [0, 0.05) is 34.7 Å². The first-order valence-corrected chi connectivity index (χ1v) is 10.3. The number of ether oxygens (including phenoxy) is 2. The van der Waals surface area contributed by atoms with Crippen LogP contribution in [0.3, 0.4) is 0 Å². The van der Waals surface area contributed by atoms with Crippen LogP contribution in [0.5, 0.6) is 11.5 Å². The van der Waals surface area contributed by atoms with Crippen LogP contribution in [0.25, 0.3) is 10.9 Å². The van der Waals surface area contributed by atoms with E-state index in [0.29, 0.717) is 18.2 Å². The maximum absolute atomic E-state index is 12.9. The minimum absolute atomic E-state index is 0.0336. The fourth-order valence-electron chi connectivity index (χ4n) is 3.73. The average molecular weight is 397 g/mol. The molecule has 2 heterocycles. The summed E-state index contributed by atoms with van der Waals surface area (Å²) in [6.45, 7) is 3.59. The SMILES string of the molecule is COc1ccc(CCNC(=O)c2cc3cccc4c3n2C[C@@H](C)S4)c(OC)c1. The molecule has 5 nitrogen and oxygen atoms in total. The highest BCUT2D eigenvalue weighted by atomic mass is 32.2. The number of nitrogens with one attached hydrogen (secondary N) is 1. The minimum atomic E-state index is -0.0336. The lowest BCUT2D eigenvalue weighted by molar-refractivity contribution is 0.0945. The molecule has 0 unspecified atom stereocenters. The summed E-state index contributed by atoms with van der Waals surface area (Å²) >= 11 is 1.87. The number of hydrogen-bond donors (Lipinski definition) is 1. The number of aromatic nitrogens is 1. The van der Waals surface area contributed by atoms with Gasteiger partial charge in [-0.3, -0.25) is 4.79 Å². The third kappa shape index (κ3) is 3.44. The zero-order valence-electron chi connectivity index (χ0n) is 16.3. The van der Waals surface area contributed by atoms with Crippen molar-refractivity contribution in [2.45, 2.75) is 30.0 Å². The molecule has 1 atom stereocenters. The number of carbonyl (C=O) groups is 1. The van der Waals surface area contributed by atoms with Gasteiger partial charge >= 0.3 is 0 Å². The third-order valence-corrected chi connectivity index (χ3v) is 6.19. The van der Waals surface area contributed by atoms with Gasteiger partial charge in [0.2, 0.25) is 0 Å². The Hall–Kier alpha value is -2.60. The zero-order valence-corrected chi connectivity index (χ0v) is 17.1. The molecule has 1 aliphatic rings. The molecule has 0 aliphatic carbocycles. The van der Waals surface area contributed by atoms with Gasteiger partial charge in [0.1, 0.15) is 17.2 Å². The summed E-state index contributed by atoms with van der Waals surface area (Å²) < 4.78 is 12.8. The Morgan fingerprint density at radius 2 is 2.07 bits per heavy atom. The van der Waals surface area contributed by atoms with E-state index in [1.165, 1.54) is 10.4 Å². The molecule has 1 aliphatic heterocycles. The largest absolute Gasteiger partial charge is 0.497 e. The summed E-state index contributed by atoms with van der Waals surface area (Å²) in [7, 11) is 3.28. The van der Waals surface area contributed by atoms with E-state index in [-0.39, 0.29) is 5.91 Å². The van der Waals surface area contributed by atoms with Crippen molar-refractivity contribution < 1.29 is 14.3 Å². The Kier molecular flexibility index (Phi) is 5.22. The van der Waals surface area contributed by atoms with Gasteiger partial charge in [-0.25, -0.2) is 0 Å². The molecule has 1 aromatic heterocycles. The van der Waals surface area contributed by atoms with Crippen LogP contribution in [0.1, 0.15) is 23.0 Å². The Bertz CT molecular complexity index is 1030. The molecule has 4 rings (SSSR count). The van der Waals surface area contributed by atoms with Crippen molar-refractivity contribution >= 4 is 28.6 Å². The van der Waals surface area contributed by atoms with Gasteiger partial charge in [-0.1, -0.05) is 25.1 Å². The fraction of sp³-hybridized carbons (Fsp3) is 0.318. The average Bonchev–Trinajstić information content (AvgIpc) is 3.08. The van der Waals surface area contributed by atoms with Crippen LogP contribution in [0.15, 0.2) is 47.4 Å². The molecule has 0 saturated heterocycles. The van der Waals surface area contributed by atoms with Crippen LogP contribution in [0.2, 0.25) is 0 Å². The maximum Gasteiger partial charge on any atom is 0.267 e. The van der Waals surface area contributed by atoms with E-state index in [9.17, 15) is 4.79 Å². The van der Waals surface area contributed by atoms with E-state index in [0.717, 1.165) is 34.7 Å². The van der Waals surface area contributed by atoms with Crippen LogP contribution < -0.4 is 14.8 Å². The van der Waals surface area contributed by atoms with E-state index in [1.807, 2.05) is 36.0 Å². The highest BCUT2D eigenvalue weighted by Gasteiger charge is 2.23. The molecule has 3 aromatic rings. The zero-order chi connectivity index (χ0) is 19.7. The van der Waals surface area contributed by atoms with E-state index in [4.69, 9.17) is 9.47 Å². The molecule has 1 amide bonds. The summed E-state index contributed by atoms with van der Waals surface area (Å²) in [5.41, 5.74) is 2.95. The van der Waals surface area contributed by atoms with Crippen molar-refractivity contribution in [3.8, 4) is 11.5 Å². The number of thioether (sulfide) groups is 1. The van der Waals surface area contributed by atoms with Crippen molar-refractivity contribution in [2.24, 2.45) is 0 Å². The second kappa shape index (κ2) is 7.80. The lowest BCUT2D eigenvalue weighted by Gasteiger charge is -2.22. The van der Waals surface area contributed by atoms with Gasteiger partial charge in [-0.05, 0) is 30.2 Å². The number of carbonyl (C=O) groups excluding carboxylic acids is 1. The smallest absolute Gasteiger partial charge is 0.267 e. The number of nitrogens with zero attached hydrogens (tertiary/aromatic N) is 1. The number of methoxy groups -OCH3 is 2. The van der Waals surface area contributed by atoms with Gasteiger partial charge in [0.05, 0.1) is 19.7 Å². The molecule has 0 bridgehead atoms. The second-order valence-corrected chi connectivity index (χ2v) is 8.43. The number of hydrogen-bond acceptors (Lipinski definition) is 4. The van der Waals surface area contributed by atoms with Crippen LogP contribution in [0, 0.1) is 0 Å². The first-order chi connectivity index (χ1) is 13.6. The summed E-state index contributed by atoms with van der Waals surface area (Å²) in [5, 5.41) is 4.64. The van der Waals surface area contributed by atoms with Crippen LogP contribution in [0.4, 0.5) is 0 Å². The lowest BCUT2D eigenvalue weighted by atomic mass is 10.1. The predicted octanol–water partition coefficient (Wildman–Crippen LogP) is 4.13. The Labute approximate surface area is 169 Å². The molecule has 146 valence electrons. The van der Waals surface area contributed by atoms with Gasteiger partial charge in [0.25, 0.3) is 5.91 Å². The summed E-state index contributed by atoms with van der Waals surface area (Å²) in [4.78, 5) is 14.1. The van der Waals surface area contributed by atoms with Gasteiger partial charge < -0.3 is 19.4 Å². The van der Waals surface area contributed by atoms with Crippen molar-refractivity contribution in [1.29, 1.82) is 0 Å². The summed E-state index contributed by atoms with van der Waals surface area (Å²) in [6.07, 6.45) is 0.691. The third-order valence-electron chi connectivity index (χ3n) is 5.06. The Balaban J connectivity index is 1.50. The standard InChI is InChI=1S/C22H24N2O3S/c1-14-13-24-18(11-16-5-4-6-20(28-14)21(16)24)22(25)23-10-9-15-7-8-17(26-2)12-19(15)27-3/h4-8,11-12,14H,9-10,13H2,1-3H3,(H,23,25)/t14-/m1/s1. The van der Waals surface area contributed by atoms with Crippen molar-refractivity contribution in [3.05, 3.63) is 53.7 Å². The first-order valence-electron chi connectivity index (χ1n) is 9.38. The maximum atomic E-state index is 12.9. The molecule has 2 aromatic carbocycles. The molecular formula is C22H24N2O3S. The molecular weight excluding hydrogens is 372 g/mol. The van der Waals surface area contributed by atoms with Crippen LogP contribution in [-0.4, -0.2) is 36.5 Å². The highest BCUT2D eigenvalue weighted by molar-refractivity contribution is 8.00. The lowest BCUT2D eigenvalue weighted by Crippen LogP contribution is -2.29. The number of para-hydroxylation sites is 1. The van der Waals surface area contributed by atoms with Gasteiger partial charge in [-0.2, -0.15) is 0 Å². The predicted molar refractivity (Wildman–Crippen MR) is 113 cm³/mol. The highest BCUT2D eigenvalue weighted by Crippen LogP contribution is 2.38. The van der Waals surface area contributed by atoms with Crippen LogP contribution in [-0.2, 0) is 13.0 Å². The number of benzene rings is 2. The fourth-order valence-corrected chi connectivity index (χ4v) is 4.89. The van der Waals surface area contributed by atoms with E-state index >= 15 is 0 Å². The minimum Gasteiger partial charge on any atom is -0.497 e. The molecule has 0 saturated carbocycles. The van der Waals surface area contributed by atoms with Crippen molar-refractivity contribution in [3.63, 3.8) is 0 Å². The molecule has 0 fully saturated rings. The quantitative estimate of drug-likeness (QED) is 0.681. The molecule has 6 heteroatoms. The monoisotopic (exact) mass is 396 g/mol. The second-order valence-electron chi connectivity index (χ2n) is 6.95. The van der Waals surface area contributed by atoms with Crippen molar-refractivity contribution in [1.82, 2.24) is 9.88 Å². The normalized spacial score (nSPS) is 15.5. The van der Waals surface area contributed by atoms with Crippen LogP contribution >= 0.6 is 11.8 Å².